The van der Waals surface area contributed by atoms with Gasteiger partial charge in [-0.15, -0.1) is 0 Å². The summed E-state index contributed by atoms with van der Waals surface area (Å²) in [5.41, 5.74) is 0.0200. The van der Waals surface area contributed by atoms with Crippen LogP contribution in [0.1, 0.15) is 30.1 Å². The largest absolute Gasteiger partial charge is 0.348 e. The van der Waals surface area contributed by atoms with Crippen LogP contribution in [-0.4, -0.2) is 16.9 Å². The van der Waals surface area contributed by atoms with Crippen LogP contribution in [0, 0.1) is 21.4 Å². The number of nitro groups is 1. The Hall–Kier alpha value is -1.94. The third-order valence-electron chi connectivity index (χ3n) is 2.59. The van der Waals surface area contributed by atoms with Crippen molar-refractivity contribution >= 4 is 27.5 Å². The summed E-state index contributed by atoms with van der Waals surface area (Å²) >= 11 is 3.07. The third-order valence-corrected chi connectivity index (χ3v) is 3.42. The number of carbonyl (C=O) groups is 1. The second kappa shape index (κ2) is 6.85. The molecule has 0 heterocycles. The van der Waals surface area contributed by atoms with Crippen molar-refractivity contribution in [2.75, 3.05) is 0 Å². The predicted octanol–water partition coefficient (Wildman–Crippen LogP) is 2.78. The maximum Gasteiger partial charge on any atom is 0.284 e. The van der Waals surface area contributed by atoms with Crippen molar-refractivity contribution in [3.63, 3.8) is 0 Å². The predicted molar refractivity (Wildman–Crippen MR) is 72.6 cm³/mol. The molecule has 1 N–H and O–H groups in total. The van der Waals surface area contributed by atoms with E-state index in [1.54, 1.807) is 0 Å². The van der Waals surface area contributed by atoms with Crippen molar-refractivity contribution in [1.29, 1.82) is 5.26 Å². The molecule has 1 unspecified atom stereocenters. The standard InChI is InChI=1S/C12H12BrN3O3/c1-2-8(6-7-14)15-12(17)9-4-3-5-10(11(9)13)16(18)19/h3-5,8H,2,6H2,1H3,(H,15,17). The Morgan fingerprint density at radius 1 is 1.63 bits per heavy atom. The zero-order chi connectivity index (χ0) is 14.4. The Labute approximate surface area is 118 Å². The summed E-state index contributed by atoms with van der Waals surface area (Å²) in [6.07, 6.45) is 0.820. The van der Waals surface area contributed by atoms with Crippen LogP contribution in [0.2, 0.25) is 0 Å². The molecule has 1 aromatic rings. The molecular weight excluding hydrogens is 314 g/mol. The number of rotatable bonds is 5. The van der Waals surface area contributed by atoms with Gasteiger partial charge in [0.25, 0.3) is 11.6 Å². The van der Waals surface area contributed by atoms with Crippen LogP contribution in [0.5, 0.6) is 0 Å². The normalized spacial score (nSPS) is 11.4. The minimum Gasteiger partial charge on any atom is -0.348 e. The van der Waals surface area contributed by atoms with Gasteiger partial charge in [0, 0.05) is 12.1 Å². The van der Waals surface area contributed by atoms with Gasteiger partial charge < -0.3 is 5.32 Å². The lowest BCUT2D eigenvalue weighted by Crippen LogP contribution is -2.34. The summed E-state index contributed by atoms with van der Waals surface area (Å²) < 4.78 is 0.143. The smallest absolute Gasteiger partial charge is 0.284 e. The number of benzene rings is 1. The van der Waals surface area contributed by atoms with Crippen LogP contribution in [0.3, 0.4) is 0 Å². The fourth-order valence-electron chi connectivity index (χ4n) is 1.51. The van der Waals surface area contributed by atoms with Crippen LogP contribution in [0.15, 0.2) is 22.7 Å². The third kappa shape index (κ3) is 3.76. The molecule has 6 nitrogen and oxygen atoms in total. The summed E-state index contributed by atoms with van der Waals surface area (Å²) in [6, 6.07) is 5.98. The summed E-state index contributed by atoms with van der Waals surface area (Å²) in [4.78, 5) is 22.2. The van der Waals surface area contributed by atoms with Crippen molar-refractivity contribution in [2.45, 2.75) is 25.8 Å². The lowest BCUT2D eigenvalue weighted by molar-refractivity contribution is -0.385. The van der Waals surface area contributed by atoms with Gasteiger partial charge in [-0.25, -0.2) is 0 Å². The molecule has 0 radical (unpaired) electrons. The van der Waals surface area contributed by atoms with Crippen molar-refractivity contribution in [2.24, 2.45) is 0 Å². The molecule has 0 aromatic heterocycles. The van der Waals surface area contributed by atoms with Gasteiger partial charge >= 0.3 is 0 Å². The zero-order valence-electron chi connectivity index (χ0n) is 10.2. The number of halogens is 1. The number of nitrogens with one attached hydrogen (secondary N) is 1. The van der Waals surface area contributed by atoms with E-state index >= 15 is 0 Å². The molecule has 7 heteroatoms. The first-order valence-electron chi connectivity index (χ1n) is 5.62. The molecule has 0 fully saturated rings. The summed E-state index contributed by atoms with van der Waals surface area (Å²) in [6.45, 7) is 1.85. The molecule has 0 aliphatic heterocycles. The Bertz CT molecular complexity index is 540. The highest BCUT2D eigenvalue weighted by molar-refractivity contribution is 9.10. The van der Waals surface area contributed by atoms with Crippen LogP contribution in [0.4, 0.5) is 5.69 Å². The first kappa shape index (κ1) is 15.1. The molecule has 0 aliphatic carbocycles. The SMILES string of the molecule is CCC(CC#N)NC(=O)c1cccc([N+](=O)[O-])c1Br. The van der Waals surface area contributed by atoms with Crippen molar-refractivity contribution < 1.29 is 9.72 Å². The number of nitriles is 1. The second-order valence-corrected chi connectivity index (χ2v) is 4.63. The van der Waals surface area contributed by atoms with Crippen molar-refractivity contribution in [1.82, 2.24) is 5.32 Å². The average Bonchev–Trinajstić information content (AvgIpc) is 2.37. The Morgan fingerprint density at radius 3 is 2.84 bits per heavy atom. The zero-order valence-corrected chi connectivity index (χ0v) is 11.8. The molecule has 1 rings (SSSR count). The van der Waals surface area contributed by atoms with E-state index in [-0.39, 0.29) is 28.2 Å². The molecular formula is C12H12BrN3O3. The van der Waals surface area contributed by atoms with E-state index in [0.29, 0.717) is 6.42 Å². The molecule has 0 saturated carbocycles. The molecule has 0 bridgehead atoms. The van der Waals surface area contributed by atoms with E-state index < -0.39 is 10.8 Å². The summed E-state index contributed by atoms with van der Waals surface area (Å²) in [5, 5.41) is 22.1. The molecule has 0 spiro atoms. The van der Waals surface area contributed by atoms with Crippen molar-refractivity contribution in [3.8, 4) is 6.07 Å². The van der Waals surface area contributed by atoms with Gasteiger partial charge in [0.15, 0.2) is 0 Å². The van der Waals surface area contributed by atoms with Crippen molar-refractivity contribution in [3.05, 3.63) is 38.3 Å². The molecule has 100 valence electrons. The van der Waals surface area contributed by atoms with Gasteiger partial charge in [-0.1, -0.05) is 13.0 Å². The average molecular weight is 326 g/mol. The monoisotopic (exact) mass is 325 g/mol. The minimum atomic E-state index is -0.562. The Kier molecular flexibility index (Phi) is 5.45. The van der Waals surface area contributed by atoms with Gasteiger partial charge in [0.1, 0.15) is 4.47 Å². The molecule has 19 heavy (non-hydrogen) atoms. The summed E-state index contributed by atoms with van der Waals surface area (Å²) in [7, 11) is 0. The highest BCUT2D eigenvalue weighted by atomic mass is 79.9. The Balaban J connectivity index is 2.98. The number of nitrogens with zero attached hydrogens (tertiary/aromatic N) is 2. The van der Waals surface area contributed by atoms with E-state index in [4.69, 9.17) is 5.26 Å². The molecule has 1 atom stereocenters. The van der Waals surface area contributed by atoms with Gasteiger partial charge in [-0.05, 0) is 28.4 Å². The van der Waals surface area contributed by atoms with Crippen LogP contribution < -0.4 is 5.32 Å². The first-order valence-corrected chi connectivity index (χ1v) is 6.41. The molecule has 1 amide bonds. The van der Waals surface area contributed by atoms with Gasteiger partial charge in [-0.3, -0.25) is 14.9 Å². The van der Waals surface area contributed by atoms with E-state index in [9.17, 15) is 14.9 Å². The highest BCUT2D eigenvalue weighted by Gasteiger charge is 2.20. The van der Waals surface area contributed by atoms with Gasteiger partial charge in [0.2, 0.25) is 0 Å². The highest BCUT2D eigenvalue weighted by Crippen LogP contribution is 2.28. The van der Waals surface area contributed by atoms with E-state index in [2.05, 4.69) is 21.2 Å². The van der Waals surface area contributed by atoms with Crippen LogP contribution in [-0.2, 0) is 0 Å². The topological polar surface area (TPSA) is 96.0 Å². The fourth-order valence-corrected chi connectivity index (χ4v) is 2.10. The molecule has 0 aliphatic rings. The first-order chi connectivity index (χ1) is 9.01. The van der Waals surface area contributed by atoms with E-state index in [0.717, 1.165) is 0 Å². The van der Waals surface area contributed by atoms with Gasteiger partial charge in [-0.2, -0.15) is 5.26 Å². The number of amides is 1. The number of hydrogen-bond donors (Lipinski definition) is 1. The quantitative estimate of drug-likeness (QED) is 0.665. The summed E-state index contributed by atoms with van der Waals surface area (Å²) in [5.74, 6) is -0.433. The minimum absolute atomic E-state index is 0.143. The van der Waals surface area contributed by atoms with E-state index in [1.807, 2.05) is 13.0 Å². The maximum absolute atomic E-state index is 12.0. The molecule has 0 saturated heterocycles. The fraction of sp³-hybridized carbons (Fsp3) is 0.333. The lowest BCUT2D eigenvalue weighted by atomic mass is 10.1. The van der Waals surface area contributed by atoms with E-state index in [1.165, 1.54) is 18.2 Å². The number of carbonyl (C=O) groups excluding carboxylic acids is 1. The maximum atomic E-state index is 12.0. The van der Waals surface area contributed by atoms with Gasteiger partial charge in [0.05, 0.1) is 23.0 Å². The Morgan fingerprint density at radius 2 is 2.32 bits per heavy atom. The lowest BCUT2D eigenvalue weighted by Gasteiger charge is -2.14. The second-order valence-electron chi connectivity index (χ2n) is 3.84. The number of nitro benzene ring substituents is 1. The van der Waals surface area contributed by atoms with Crippen LogP contribution >= 0.6 is 15.9 Å². The number of hydrogen-bond acceptors (Lipinski definition) is 4. The van der Waals surface area contributed by atoms with Crippen LogP contribution in [0.25, 0.3) is 0 Å². The molecule has 1 aromatic carbocycles.